The van der Waals surface area contributed by atoms with Crippen molar-refractivity contribution in [1.82, 2.24) is 15.4 Å². The topological polar surface area (TPSA) is 98.9 Å². The molecule has 2 aliphatic heterocycles. The number of alkyl halides is 2. The zero-order valence-corrected chi connectivity index (χ0v) is 20.5. The first-order valence-electron chi connectivity index (χ1n) is 11.4. The third-order valence-corrected chi connectivity index (χ3v) is 5.96. The lowest BCUT2D eigenvalue weighted by molar-refractivity contribution is -0.168. The summed E-state index contributed by atoms with van der Waals surface area (Å²) in [6.45, 7) is 4.94. The van der Waals surface area contributed by atoms with E-state index in [-0.39, 0.29) is 18.8 Å². The number of aryl methyl sites for hydroxylation is 2. The number of halogens is 2. The number of carbonyl (C=O) groups is 1. The van der Waals surface area contributed by atoms with Gasteiger partial charge in [0, 0.05) is 25.1 Å². The number of pyridine rings is 1. The van der Waals surface area contributed by atoms with E-state index in [4.69, 9.17) is 25.0 Å². The van der Waals surface area contributed by atoms with Gasteiger partial charge in [0.15, 0.2) is 0 Å². The molecule has 0 saturated heterocycles. The Morgan fingerprint density at radius 2 is 2.06 bits per heavy atom. The SMILES string of the molecule is COc1c(C)cc(C2(c3cccc(OCCC(F)F)c3)NC(N)=C3C2=CC=CN3OC(C)=O)nc1C. The maximum absolute atomic E-state index is 12.7. The Kier molecular flexibility index (Phi) is 6.87. The predicted octanol–water partition coefficient (Wildman–Crippen LogP) is 3.95. The second-order valence-corrected chi connectivity index (χ2v) is 8.47. The Bertz CT molecular complexity index is 1250. The van der Waals surface area contributed by atoms with Crippen LogP contribution in [0.5, 0.6) is 11.5 Å². The van der Waals surface area contributed by atoms with E-state index >= 15 is 0 Å². The molecule has 190 valence electrons. The zero-order chi connectivity index (χ0) is 26.0. The van der Waals surface area contributed by atoms with Crippen LogP contribution in [0.3, 0.4) is 0 Å². The number of hydroxylamine groups is 2. The van der Waals surface area contributed by atoms with Crippen molar-refractivity contribution >= 4 is 5.97 Å². The van der Waals surface area contributed by atoms with Crippen molar-refractivity contribution in [1.29, 1.82) is 0 Å². The van der Waals surface area contributed by atoms with Crippen molar-refractivity contribution < 1.29 is 27.9 Å². The molecule has 0 aliphatic carbocycles. The van der Waals surface area contributed by atoms with Crippen molar-refractivity contribution in [3.63, 3.8) is 0 Å². The van der Waals surface area contributed by atoms with Gasteiger partial charge in [0.05, 0.1) is 25.1 Å². The largest absolute Gasteiger partial charge is 0.495 e. The summed E-state index contributed by atoms with van der Waals surface area (Å²) in [6.07, 6.45) is 2.36. The van der Waals surface area contributed by atoms with Crippen molar-refractivity contribution in [2.45, 2.75) is 39.2 Å². The lowest BCUT2D eigenvalue weighted by Crippen LogP contribution is -2.43. The standard InChI is InChI=1S/C26H28F2N4O4/c1-15-13-21(30-16(2)24(15)34-4)26(18-7-5-8-19(14-18)35-12-10-22(27)28)20-9-6-11-32(36-17(3)33)23(20)25(29)31-26/h5-9,11,13-14,22,31H,10,12,29H2,1-4H3. The monoisotopic (exact) mass is 498 g/mol. The predicted molar refractivity (Wildman–Crippen MR) is 129 cm³/mol. The fraction of sp³-hybridized carbons (Fsp3) is 0.308. The highest BCUT2D eigenvalue weighted by molar-refractivity contribution is 5.67. The van der Waals surface area contributed by atoms with E-state index in [1.807, 2.05) is 32.1 Å². The summed E-state index contributed by atoms with van der Waals surface area (Å²) in [4.78, 5) is 22.0. The number of hydrogen-bond acceptors (Lipinski definition) is 8. The molecule has 4 rings (SSSR count). The van der Waals surface area contributed by atoms with Gasteiger partial charge in [-0.2, -0.15) is 5.06 Å². The molecule has 1 atom stereocenters. The molecule has 0 spiro atoms. The lowest BCUT2D eigenvalue weighted by atomic mass is 9.78. The minimum atomic E-state index is -2.46. The van der Waals surface area contributed by atoms with Crippen LogP contribution in [0.25, 0.3) is 0 Å². The molecule has 3 N–H and O–H groups in total. The minimum absolute atomic E-state index is 0.127. The molecule has 1 unspecified atom stereocenters. The maximum atomic E-state index is 12.7. The maximum Gasteiger partial charge on any atom is 0.329 e. The van der Waals surface area contributed by atoms with Crippen LogP contribution < -0.4 is 20.5 Å². The number of nitrogens with one attached hydrogen (secondary N) is 1. The van der Waals surface area contributed by atoms with Crippen LogP contribution in [0.1, 0.15) is 35.9 Å². The van der Waals surface area contributed by atoms with E-state index in [0.29, 0.717) is 39.7 Å². The van der Waals surface area contributed by atoms with Gasteiger partial charge >= 0.3 is 5.97 Å². The summed E-state index contributed by atoms with van der Waals surface area (Å²) in [6, 6.07) is 9.01. The second kappa shape index (κ2) is 9.88. The van der Waals surface area contributed by atoms with Crippen molar-refractivity contribution in [2.75, 3.05) is 13.7 Å². The molecule has 1 aromatic carbocycles. The molecule has 8 nitrogen and oxygen atoms in total. The van der Waals surface area contributed by atoms with Crippen molar-refractivity contribution in [2.24, 2.45) is 5.73 Å². The third kappa shape index (κ3) is 4.46. The molecule has 10 heteroatoms. The summed E-state index contributed by atoms with van der Waals surface area (Å²) in [7, 11) is 1.59. The van der Waals surface area contributed by atoms with Crippen LogP contribution in [0.2, 0.25) is 0 Å². The number of benzene rings is 1. The normalized spacial score (nSPS) is 18.6. The van der Waals surface area contributed by atoms with E-state index in [1.165, 1.54) is 12.0 Å². The number of ether oxygens (including phenoxy) is 2. The molecule has 2 aromatic rings. The van der Waals surface area contributed by atoms with Gasteiger partial charge in [0.1, 0.15) is 28.6 Å². The summed E-state index contributed by atoms with van der Waals surface area (Å²) < 4.78 is 36.4. The number of allylic oxidation sites excluding steroid dienone is 2. The van der Waals surface area contributed by atoms with Crippen LogP contribution in [0, 0.1) is 13.8 Å². The molecule has 0 amide bonds. The first kappa shape index (κ1) is 25.0. The van der Waals surface area contributed by atoms with E-state index in [9.17, 15) is 13.6 Å². The quantitative estimate of drug-likeness (QED) is 0.565. The second-order valence-electron chi connectivity index (χ2n) is 8.47. The highest BCUT2D eigenvalue weighted by atomic mass is 19.3. The molecule has 0 bridgehead atoms. The molecule has 0 radical (unpaired) electrons. The fourth-order valence-corrected chi connectivity index (χ4v) is 4.58. The highest BCUT2D eigenvalue weighted by Gasteiger charge is 2.50. The highest BCUT2D eigenvalue weighted by Crippen LogP contribution is 2.48. The zero-order valence-electron chi connectivity index (χ0n) is 20.5. The average molecular weight is 499 g/mol. The number of rotatable bonds is 8. The Hall–Kier alpha value is -4.08. The van der Waals surface area contributed by atoms with Crippen LogP contribution >= 0.6 is 0 Å². The first-order chi connectivity index (χ1) is 17.2. The number of nitrogens with two attached hydrogens (primary N) is 1. The van der Waals surface area contributed by atoms with Crippen LogP contribution in [-0.2, 0) is 15.2 Å². The molecule has 0 saturated carbocycles. The number of methoxy groups -OCH3 is 1. The number of aromatic nitrogens is 1. The number of hydrogen-bond donors (Lipinski definition) is 2. The van der Waals surface area contributed by atoms with Gasteiger partial charge in [-0.1, -0.05) is 18.2 Å². The molecule has 36 heavy (non-hydrogen) atoms. The van der Waals surface area contributed by atoms with Crippen LogP contribution in [-0.4, -0.2) is 36.2 Å². The van der Waals surface area contributed by atoms with E-state index in [0.717, 1.165) is 5.56 Å². The van der Waals surface area contributed by atoms with Gasteiger partial charge < -0.3 is 25.4 Å². The molecule has 3 heterocycles. The minimum Gasteiger partial charge on any atom is -0.495 e. The molecule has 2 aliphatic rings. The first-order valence-corrected chi connectivity index (χ1v) is 11.4. The van der Waals surface area contributed by atoms with E-state index in [2.05, 4.69) is 5.32 Å². The Balaban J connectivity index is 1.88. The molecular weight excluding hydrogens is 470 g/mol. The lowest BCUT2D eigenvalue weighted by Gasteiger charge is -2.35. The van der Waals surface area contributed by atoms with Gasteiger partial charge in [-0.3, -0.25) is 4.98 Å². The van der Waals surface area contributed by atoms with Gasteiger partial charge in [-0.15, -0.1) is 0 Å². The average Bonchev–Trinajstić information content (AvgIpc) is 3.13. The Morgan fingerprint density at radius 3 is 2.72 bits per heavy atom. The molecule has 0 fully saturated rings. The number of carbonyl (C=O) groups excluding carboxylic acids is 1. The van der Waals surface area contributed by atoms with Gasteiger partial charge in [0.2, 0.25) is 6.43 Å². The van der Waals surface area contributed by atoms with E-state index in [1.54, 1.807) is 37.6 Å². The van der Waals surface area contributed by atoms with Gasteiger partial charge in [-0.05, 0) is 49.2 Å². The smallest absolute Gasteiger partial charge is 0.329 e. The summed E-state index contributed by atoms with van der Waals surface area (Å²) >= 11 is 0. The van der Waals surface area contributed by atoms with Crippen LogP contribution in [0.4, 0.5) is 8.78 Å². The number of nitrogens with zero attached hydrogens (tertiary/aromatic N) is 2. The van der Waals surface area contributed by atoms with Gasteiger partial charge in [0.25, 0.3) is 0 Å². The Labute approximate surface area is 208 Å². The third-order valence-electron chi connectivity index (χ3n) is 5.96. The van der Waals surface area contributed by atoms with Gasteiger partial charge in [-0.25, -0.2) is 13.6 Å². The Morgan fingerprint density at radius 1 is 1.28 bits per heavy atom. The van der Waals surface area contributed by atoms with Crippen molar-refractivity contribution in [3.05, 3.63) is 88.3 Å². The molecule has 1 aromatic heterocycles. The number of fused-ring (bicyclic) bond motifs is 1. The summed E-state index contributed by atoms with van der Waals surface area (Å²) in [5.41, 5.74) is 9.38. The molecular formula is C26H28F2N4O4. The van der Waals surface area contributed by atoms with Crippen molar-refractivity contribution in [3.8, 4) is 11.5 Å². The van der Waals surface area contributed by atoms with Crippen LogP contribution in [0.15, 0.2) is 65.8 Å². The summed E-state index contributed by atoms with van der Waals surface area (Å²) in [5, 5.41) is 4.69. The summed E-state index contributed by atoms with van der Waals surface area (Å²) in [5.74, 6) is 0.842. The van der Waals surface area contributed by atoms with E-state index < -0.39 is 17.9 Å². The fourth-order valence-electron chi connectivity index (χ4n) is 4.58.